The zero-order valence-electron chi connectivity index (χ0n) is 10.4. The largest absolute Gasteiger partial charge is 0.480 e. The quantitative estimate of drug-likeness (QED) is 0.608. The summed E-state index contributed by atoms with van der Waals surface area (Å²) < 4.78 is 37.0. The van der Waals surface area contributed by atoms with Gasteiger partial charge in [0.25, 0.3) is 11.5 Å². The van der Waals surface area contributed by atoms with Crippen LogP contribution in [0.1, 0.15) is 22.5 Å². The highest BCUT2D eigenvalue weighted by atomic mass is 19.4. The standard InChI is InChI=1S/C11H11F3N2O5/c12-11(13,14)7-2-1-5(9(19)16-7)8(18)15-6(3-4-17)10(20)21/h1-2,6,17H,3-4H2,(H,15,18)(H,16,19)(H,20,21). The van der Waals surface area contributed by atoms with Gasteiger partial charge in [0, 0.05) is 13.0 Å². The van der Waals surface area contributed by atoms with Crippen LogP contribution in [0.25, 0.3) is 0 Å². The number of carboxylic acid groups (broad SMARTS) is 1. The first kappa shape index (κ1) is 16.7. The molecule has 0 aromatic carbocycles. The summed E-state index contributed by atoms with van der Waals surface area (Å²) in [6.07, 6.45) is -5.08. The molecule has 1 unspecified atom stereocenters. The molecule has 0 bridgehead atoms. The second-order valence-corrected chi connectivity index (χ2v) is 3.99. The molecule has 0 aliphatic carbocycles. The van der Waals surface area contributed by atoms with Crippen molar-refractivity contribution >= 4 is 11.9 Å². The van der Waals surface area contributed by atoms with Crippen molar-refractivity contribution in [3.63, 3.8) is 0 Å². The third kappa shape index (κ3) is 4.31. The first-order chi connectivity index (χ1) is 9.66. The highest BCUT2D eigenvalue weighted by Crippen LogP contribution is 2.26. The van der Waals surface area contributed by atoms with Gasteiger partial charge in [-0.2, -0.15) is 13.2 Å². The summed E-state index contributed by atoms with van der Waals surface area (Å²) in [5.41, 5.74) is -3.28. The molecule has 21 heavy (non-hydrogen) atoms. The number of aliphatic hydroxyl groups is 1. The molecule has 0 spiro atoms. The van der Waals surface area contributed by atoms with Gasteiger partial charge in [-0.3, -0.25) is 9.59 Å². The van der Waals surface area contributed by atoms with Crippen LogP contribution in [0, 0.1) is 0 Å². The predicted molar refractivity (Wildman–Crippen MR) is 62.7 cm³/mol. The number of carboxylic acids is 1. The molecule has 1 aromatic heterocycles. The fourth-order valence-corrected chi connectivity index (χ4v) is 1.44. The van der Waals surface area contributed by atoms with E-state index >= 15 is 0 Å². The van der Waals surface area contributed by atoms with E-state index < -0.39 is 47.5 Å². The molecule has 0 fully saturated rings. The number of aromatic amines is 1. The molecule has 0 saturated heterocycles. The molecule has 4 N–H and O–H groups in total. The van der Waals surface area contributed by atoms with Crippen molar-refractivity contribution < 1.29 is 33.0 Å². The fourth-order valence-electron chi connectivity index (χ4n) is 1.44. The zero-order valence-corrected chi connectivity index (χ0v) is 10.4. The monoisotopic (exact) mass is 308 g/mol. The summed E-state index contributed by atoms with van der Waals surface area (Å²) >= 11 is 0. The van der Waals surface area contributed by atoms with Crippen molar-refractivity contribution in [2.24, 2.45) is 0 Å². The molecule has 1 atom stereocenters. The summed E-state index contributed by atoms with van der Waals surface area (Å²) in [4.78, 5) is 35.3. The molecule has 0 aliphatic heterocycles. The maximum Gasteiger partial charge on any atom is 0.431 e. The number of aliphatic carboxylic acids is 1. The van der Waals surface area contributed by atoms with Crippen molar-refractivity contribution in [1.82, 2.24) is 10.3 Å². The number of carbonyl (C=O) groups excluding carboxylic acids is 1. The van der Waals surface area contributed by atoms with E-state index in [0.29, 0.717) is 12.1 Å². The van der Waals surface area contributed by atoms with Crippen LogP contribution in [0.15, 0.2) is 16.9 Å². The smallest absolute Gasteiger partial charge is 0.431 e. The van der Waals surface area contributed by atoms with Crippen molar-refractivity contribution in [2.45, 2.75) is 18.6 Å². The summed E-state index contributed by atoms with van der Waals surface area (Å²) in [6, 6.07) is -0.309. The number of hydrogen-bond acceptors (Lipinski definition) is 4. The Balaban J connectivity index is 2.98. The van der Waals surface area contributed by atoms with Crippen LogP contribution >= 0.6 is 0 Å². The predicted octanol–water partition coefficient (Wildman–Crippen LogP) is -0.0409. The van der Waals surface area contributed by atoms with E-state index in [4.69, 9.17) is 10.2 Å². The molecule has 0 radical (unpaired) electrons. The number of nitrogens with one attached hydrogen (secondary N) is 2. The number of alkyl halides is 3. The Kier molecular flexibility index (Phi) is 5.08. The lowest BCUT2D eigenvalue weighted by atomic mass is 10.2. The van der Waals surface area contributed by atoms with Crippen LogP contribution in [0.3, 0.4) is 0 Å². The third-order valence-electron chi connectivity index (χ3n) is 2.48. The number of carbonyl (C=O) groups is 2. The third-order valence-corrected chi connectivity index (χ3v) is 2.48. The normalized spacial score (nSPS) is 12.8. The zero-order chi connectivity index (χ0) is 16.2. The van der Waals surface area contributed by atoms with Gasteiger partial charge in [0.1, 0.15) is 17.3 Å². The first-order valence-corrected chi connectivity index (χ1v) is 5.62. The Hall–Kier alpha value is -2.36. The minimum Gasteiger partial charge on any atom is -0.480 e. The number of amides is 1. The molecule has 1 heterocycles. The highest BCUT2D eigenvalue weighted by Gasteiger charge is 2.32. The van der Waals surface area contributed by atoms with E-state index in [-0.39, 0.29) is 6.42 Å². The number of pyridine rings is 1. The van der Waals surface area contributed by atoms with Gasteiger partial charge in [-0.1, -0.05) is 0 Å². The van der Waals surface area contributed by atoms with Crippen LogP contribution in [-0.4, -0.2) is 39.7 Å². The van der Waals surface area contributed by atoms with Crippen LogP contribution in [-0.2, 0) is 11.0 Å². The Labute approximate surface area is 115 Å². The Morgan fingerprint density at radius 2 is 1.95 bits per heavy atom. The van der Waals surface area contributed by atoms with Crippen molar-refractivity contribution in [3.05, 3.63) is 33.7 Å². The number of halogens is 3. The fraction of sp³-hybridized carbons (Fsp3) is 0.364. The summed E-state index contributed by atoms with van der Waals surface area (Å²) in [7, 11) is 0. The van der Waals surface area contributed by atoms with Gasteiger partial charge in [-0.25, -0.2) is 4.79 Å². The number of rotatable bonds is 5. The van der Waals surface area contributed by atoms with Gasteiger partial charge in [0.05, 0.1) is 0 Å². The van der Waals surface area contributed by atoms with E-state index in [2.05, 4.69) is 0 Å². The molecule has 1 aromatic rings. The number of aliphatic hydroxyl groups excluding tert-OH is 1. The van der Waals surface area contributed by atoms with E-state index in [9.17, 15) is 27.6 Å². The maximum atomic E-state index is 12.3. The van der Waals surface area contributed by atoms with Gasteiger partial charge < -0.3 is 20.5 Å². The number of H-pyrrole nitrogens is 1. The van der Waals surface area contributed by atoms with Crippen LogP contribution in [0.4, 0.5) is 13.2 Å². The molecule has 1 rings (SSSR count). The van der Waals surface area contributed by atoms with E-state index in [1.54, 1.807) is 0 Å². The SMILES string of the molecule is O=C(NC(CCO)C(=O)O)c1ccc(C(F)(F)F)[nH]c1=O. The van der Waals surface area contributed by atoms with E-state index in [1.807, 2.05) is 5.32 Å². The molecule has 116 valence electrons. The van der Waals surface area contributed by atoms with Crippen molar-refractivity contribution in [3.8, 4) is 0 Å². The van der Waals surface area contributed by atoms with Gasteiger partial charge >= 0.3 is 12.1 Å². The second-order valence-electron chi connectivity index (χ2n) is 3.99. The van der Waals surface area contributed by atoms with Gasteiger partial charge in [0.2, 0.25) is 0 Å². The average Bonchev–Trinajstić information content (AvgIpc) is 2.36. The lowest BCUT2D eigenvalue weighted by Crippen LogP contribution is -2.43. The molecule has 0 aliphatic rings. The molecular weight excluding hydrogens is 297 g/mol. The summed E-state index contributed by atoms with van der Waals surface area (Å²) in [5.74, 6) is -2.59. The summed E-state index contributed by atoms with van der Waals surface area (Å²) in [5, 5.41) is 19.3. The van der Waals surface area contributed by atoms with E-state index in [0.717, 1.165) is 0 Å². The first-order valence-electron chi connectivity index (χ1n) is 5.62. The lowest BCUT2D eigenvalue weighted by Gasteiger charge is -2.13. The van der Waals surface area contributed by atoms with Gasteiger partial charge in [-0.05, 0) is 12.1 Å². The Morgan fingerprint density at radius 1 is 1.33 bits per heavy atom. The molecular formula is C11H11F3N2O5. The molecule has 0 saturated carbocycles. The van der Waals surface area contributed by atoms with Gasteiger partial charge in [-0.15, -0.1) is 0 Å². The van der Waals surface area contributed by atoms with Gasteiger partial charge in [0.15, 0.2) is 0 Å². The molecule has 1 amide bonds. The Morgan fingerprint density at radius 3 is 2.38 bits per heavy atom. The van der Waals surface area contributed by atoms with Crippen LogP contribution in [0.5, 0.6) is 0 Å². The van der Waals surface area contributed by atoms with Crippen molar-refractivity contribution in [2.75, 3.05) is 6.61 Å². The lowest BCUT2D eigenvalue weighted by molar-refractivity contribution is -0.141. The minimum absolute atomic E-state index is 0.306. The number of aromatic nitrogens is 1. The van der Waals surface area contributed by atoms with Crippen LogP contribution < -0.4 is 10.9 Å². The highest BCUT2D eigenvalue weighted by molar-refractivity contribution is 5.96. The molecule has 10 heteroatoms. The minimum atomic E-state index is -4.77. The number of hydrogen-bond donors (Lipinski definition) is 4. The van der Waals surface area contributed by atoms with Crippen molar-refractivity contribution in [1.29, 1.82) is 0 Å². The topological polar surface area (TPSA) is 119 Å². The maximum absolute atomic E-state index is 12.3. The average molecular weight is 308 g/mol. The molecule has 7 nitrogen and oxygen atoms in total. The summed E-state index contributed by atoms with van der Waals surface area (Å²) in [6.45, 7) is -0.527. The van der Waals surface area contributed by atoms with Crippen LogP contribution in [0.2, 0.25) is 0 Å². The Bertz CT molecular complexity index is 596. The second kappa shape index (κ2) is 6.39. The van der Waals surface area contributed by atoms with E-state index in [1.165, 1.54) is 4.98 Å².